The molecule has 0 saturated carbocycles. The second kappa shape index (κ2) is 5.78. The van der Waals surface area contributed by atoms with Gasteiger partial charge in [-0.15, -0.1) is 5.54 Å². The van der Waals surface area contributed by atoms with E-state index in [4.69, 9.17) is 0 Å². The Bertz CT molecular complexity index is 659. The smallest absolute Gasteiger partial charge is 0.166 e. The monoisotopic (exact) mass is 304 g/mol. The molecule has 0 radical (unpaired) electrons. The first-order valence-electron chi connectivity index (χ1n) is 6.55. The lowest BCUT2D eigenvalue weighted by atomic mass is 10.2. The quantitative estimate of drug-likeness (QED) is 0.547. The zero-order chi connectivity index (χ0) is 15.5. The van der Waals surface area contributed by atoms with Gasteiger partial charge in [-0.25, -0.2) is 0 Å². The largest absolute Gasteiger partial charge is 0.416 e. The minimum Gasteiger partial charge on any atom is -0.166 e. The highest BCUT2D eigenvalue weighted by Gasteiger charge is 2.31. The molecule has 2 aromatic carbocycles. The van der Waals surface area contributed by atoms with Crippen LogP contribution >= 0.6 is 0 Å². The van der Waals surface area contributed by atoms with E-state index in [2.05, 4.69) is 11.5 Å². The van der Waals surface area contributed by atoms with Crippen molar-refractivity contribution < 1.29 is 13.2 Å². The van der Waals surface area contributed by atoms with Gasteiger partial charge in [0, 0.05) is 5.56 Å². The minimum absolute atomic E-state index is 0.618. The molecule has 0 nitrogen and oxygen atoms in total. The van der Waals surface area contributed by atoms with E-state index in [-0.39, 0.29) is 0 Å². The van der Waals surface area contributed by atoms with Crippen molar-refractivity contribution in [2.75, 3.05) is 0 Å². The predicted molar refractivity (Wildman–Crippen MR) is 81.9 cm³/mol. The summed E-state index contributed by atoms with van der Waals surface area (Å²) in [5.74, 6) is 3.12. The van der Waals surface area contributed by atoms with E-state index in [9.17, 15) is 13.2 Å². The zero-order valence-corrected chi connectivity index (χ0v) is 12.8. The highest BCUT2D eigenvalue weighted by molar-refractivity contribution is 6.96. The Labute approximate surface area is 123 Å². The molecule has 0 aliphatic carbocycles. The lowest BCUT2D eigenvalue weighted by molar-refractivity contribution is -0.137. The van der Waals surface area contributed by atoms with Gasteiger partial charge in [0.15, 0.2) is 8.07 Å². The van der Waals surface area contributed by atoms with Gasteiger partial charge in [0.1, 0.15) is 0 Å². The molecule has 0 saturated heterocycles. The molecule has 0 atom stereocenters. The molecule has 0 aliphatic rings. The van der Waals surface area contributed by atoms with E-state index in [0.29, 0.717) is 0 Å². The van der Waals surface area contributed by atoms with Crippen molar-refractivity contribution in [3.8, 4) is 11.5 Å². The summed E-state index contributed by atoms with van der Waals surface area (Å²) in [6.45, 7) is 4.07. The average molecular weight is 304 g/mol. The molecule has 0 bridgehead atoms. The van der Waals surface area contributed by atoms with E-state index < -0.39 is 19.8 Å². The third-order valence-corrected chi connectivity index (χ3v) is 5.75. The molecule has 4 heteroatoms. The lowest BCUT2D eigenvalue weighted by Crippen LogP contribution is -2.40. The first-order valence-corrected chi connectivity index (χ1v) is 9.55. The van der Waals surface area contributed by atoms with Crippen LogP contribution in [0.4, 0.5) is 13.2 Å². The molecular formula is C17H15F3Si. The number of rotatable bonds is 1. The fraction of sp³-hybridized carbons (Fsp3) is 0.176. The summed E-state index contributed by atoms with van der Waals surface area (Å²) in [6, 6.07) is 15.0. The van der Waals surface area contributed by atoms with Crippen molar-refractivity contribution in [2.45, 2.75) is 19.3 Å². The Morgan fingerprint density at radius 2 is 1.43 bits per heavy atom. The van der Waals surface area contributed by atoms with Crippen LogP contribution in [0.5, 0.6) is 0 Å². The minimum atomic E-state index is -4.29. The van der Waals surface area contributed by atoms with Crippen LogP contribution < -0.4 is 5.19 Å². The first-order chi connectivity index (χ1) is 9.79. The second-order valence-electron chi connectivity index (χ2n) is 5.32. The number of halogens is 3. The number of hydrogen-bond acceptors (Lipinski definition) is 0. The van der Waals surface area contributed by atoms with Crippen molar-refractivity contribution in [1.82, 2.24) is 0 Å². The van der Waals surface area contributed by atoms with Gasteiger partial charge < -0.3 is 0 Å². The van der Waals surface area contributed by atoms with Crippen molar-refractivity contribution in [1.29, 1.82) is 0 Å². The molecule has 0 fully saturated rings. The van der Waals surface area contributed by atoms with Gasteiger partial charge in [0.25, 0.3) is 0 Å². The van der Waals surface area contributed by atoms with Gasteiger partial charge >= 0.3 is 6.18 Å². The molecule has 21 heavy (non-hydrogen) atoms. The summed E-state index contributed by atoms with van der Waals surface area (Å²) >= 11 is 0. The van der Waals surface area contributed by atoms with E-state index in [0.717, 1.165) is 22.9 Å². The normalized spacial score (nSPS) is 11.7. The van der Waals surface area contributed by atoms with Gasteiger partial charge in [-0.1, -0.05) is 61.5 Å². The third-order valence-electron chi connectivity index (χ3n) is 3.23. The fourth-order valence-corrected chi connectivity index (χ4v) is 3.50. The highest BCUT2D eigenvalue weighted by Crippen LogP contribution is 2.28. The maximum absolute atomic E-state index is 12.6. The number of alkyl halides is 3. The van der Waals surface area contributed by atoms with Crippen LogP contribution in [0.1, 0.15) is 11.1 Å². The maximum atomic E-state index is 12.6. The molecule has 0 aromatic heterocycles. The number of benzene rings is 2. The topological polar surface area (TPSA) is 0 Å². The summed E-state index contributed by atoms with van der Waals surface area (Å²) in [7, 11) is -2.07. The Kier molecular flexibility index (Phi) is 4.24. The Morgan fingerprint density at radius 3 is 1.95 bits per heavy atom. The Balaban J connectivity index is 2.26. The van der Waals surface area contributed by atoms with Crippen LogP contribution in [-0.4, -0.2) is 8.07 Å². The predicted octanol–water partition coefficient (Wildman–Crippen LogP) is 4.21. The van der Waals surface area contributed by atoms with Gasteiger partial charge in [-0.3, -0.25) is 0 Å². The highest BCUT2D eigenvalue weighted by atomic mass is 28.3. The van der Waals surface area contributed by atoms with E-state index in [1.807, 2.05) is 43.4 Å². The van der Waals surface area contributed by atoms with Crippen molar-refractivity contribution in [2.24, 2.45) is 0 Å². The molecule has 0 unspecified atom stereocenters. The van der Waals surface area contributed by atoms with Crippen molar-refractivity contribution >= 4 is 13.3 Å². The molecule has 0 heterocycles. The maximum Gasteiger partial charge on any atom is 0.416 e. The number of hydrogen-bond donors (Lipinski definition) is 0. The van der Waals surface area contributed by atoms with Gasteiger partial charge in [0.2, 0.25) is 0 Å². The molecule has 0 amide bonds. The van der Waals surface area contributed by atoms with Crippen molar-refractivity contribution in [3.63, 3.8) is 0 Å². The molecule has 0 aliphatic heterocycles. The molecule has 2 rings (SSSR count). The van der Waals surface area contributed by atoms with Gasteiger partial charge in [-0.2, -0.15) is 13.2 Å². The van der Waals surface area contributed by atoms with Gasteiger partial charge in [0.05, 0.1) is 5.56 Å². The molecule has 108 valence electrons. The van der Waals surface area contributed by atoms with Crippen LogP contribution in [0.15, 0.2) is 54.6 Å². The lowest BCUT2D eigenvalue weighted by Gasteiger charge is -2.16. The van der Waals surface area contributed by atoms with Crippen LogP contribution in [0.3, 0.4) is 0 Å². The summed E-state index contributed by atoms with van der Waals surface area (Å²) in [6.07, 6.45) is -4.29. The summed E-state index contributed by atoms with van der Waals surface area (Å²) in [5.41, 5.74) is 3.56. The van der Waals surface area contributed by atoms with Gasteiger partial charge in [-0.05, 0) is 17.3 Å². The SMILES string of the molecule is C[Si](C)(C#Cc1ccccc1)c1ccc(C(F)(F)F)cc1. The van der Waals surface area contributed by atoms with E-state index >= 15 is 0 Å². The van der Waals surface area contributed by atoms with Crippen molar-refractivity contribution in [3.05, 3.63) is 65.7 Å². The van der Waals surface area contributed by atoms with E-state index in [1.54, 1.807) is 12.1 Å². The van der Waals surface area contributed by atoms with Crippen LogP contribution in [0, 0.1) is 11.5 Å². The molecule has 2 aromatic rings. The fourth-order valence-electron chi connectivity index (χ4n) is 1.90. The van der Waals surface area contributed by atoms with Crippen LogP contribution in [0.25, 0.3) is 0 Å². The van der Waals surface area contributed by atoms with Crippen LogP contribution in [-0.2, 0) is 6.18 Å². The Morgan fingerprint density at radius 1 is 0.857 bits per heavy atom. The van der Waals surface area contributed by atoms with E-state index in [1.165, 1.54) is 0 Å². The summed E-state index contributed by atoms with van der Waals surface area (Å²) in [5, 5.41) is 0.902. The Hall–Kier alpha value is -1.99. The average Bonchev–Trinajstić information content (AvgIpc) is 2.46. The summed E-state index contributed by atoms with van der Waals surface area (Å²) in [4.78, 5) is 0. The third kappa shape index (κ3) is 3.99. The molecular weight excluding hydrogens is 289 g/mol. The molecule has 0 spiro atoms. The first kappa shape index (κ1) is 15.4. The summed E-state index contributed by atoms with van der Waals surface area (Å²) < 4.78 is 37.7. The molecule has 0 N–H and O–H groups in total. The standard InChI is InChI=1S/C17H15F3Si/c1-21(2,13-12-14-6-4-3-5-7-14)16-10-8-15(9-11-16)17(18,19)20/h3-11H,1-2H3. The van der Waals surface area contributed by atoms with Crippen LogP contribution in [0.2, 0.25) is 13.1 Å². The zero-order valence-electron chi connectivity index (χ0n) is 11.8. The second-order valence-corrected chi connectivity index (χ2v) is 9.39.